The molecule has 3 amide bonds. The molecule has 0 bridgehead atoms. The van der Waals surface area contributed by atoms with Crippen molar-refractivity contribution in [3.8, 4) is 16.9 Å². The van der Waals surface area contributed by atoms with E-state index in [2.05, 4.69) is 10.6 Å². The van der Waals surface area contributed by atoms with E-state index in [4.69, 9.17) is 9.47 Å². The maximum atomic E-state index is 13.0. The molecule has 9 heteroatoms. The summed E-state index contributed by atoms with van der Waals surface area (Å²) in [7, 11) is 1.41. The molecule has 0 spiro atoms. The lowest BCUT2D eigenvalue weighted by Crippen LogP contribution is -2.34. The third kappa shape index (κ3) is 6.64. The highest BCUT2D eigenvalue weighted by atomic mass is 32.1. The number of carbonyl (C=O) groups excluding carboxylic acids is 4. The number of amides is 3. The Bertz CT molecular complexity index is 1280. The van der Waals surface area contributed by atoms with Crippen LogP contribution < -0.4 is 15.4 Å². The highest BCUT2D eigenvalue weighted by Crippen LogP contribution is 2.36. The Labute approximate surface area is 206 Å². The SMILES string of the molecule is COc1ccccc1C(=O)NC(=O)COC(=O)c1c(-c2ccccc2)csc1NC(=O)C=C(C)C. The van der Waals surface area contributed by atoms with Crippen LogP contribution in [0.4, 0.5) is 5.00 Å². The number of benzene rings is 2. The van der Waals surface area contributed by atoms with E-state index in [0.29, 0.717) is 16.3 Å². The second kappa shape index (κ2) is 11.8. The van der Waals surface area contributed by atoms with Gasteiger partial charge in [-0.25, -0.2) is 4.79 Å². The van der Waals surface area contributed by atoms with Gasteiger partial charge in [0.1, 0.15) is 16.3 Å². The van der Waals surface area contributed by atoms with Gasteiger partial charge in [-0.05, 0) is 31.5 Å². The summed E-state index contributed by atoms with van der Waals surface area (Å²) >= 11 is 1.17. The summed E-state index contributed by atoms with van der Waals surface area (Å²) in [6.07, 6.45) is 1.41. The monoisotopic (exact) mass is 492 g/mol. The van der Waals surface area contributed by atoms with Crippen molar-refractivity contribution in [2.24, 2.45) is 0 Å². The molecule has 2 N–H and O–H groups in total. The van der Waals surface area contributed by atoms with Gasteiger partial charge >= 0.3 is 5.97 Å². The lowest BCUT2D eigenvalue weighted by molar-refractivity contribution is -0.123. The molecule has 0 fully saturated rings. The number of ether oxygens (including phenoxy) is 2. The van der Waals surface area contributed by atoms with Crippen LogP contribution >= 0.6 is 11.3 Å². The summed E-state index contributed by atoms with van der Waals surface area (Å²) in [6, 6.07) is 15.5. The average Bonchev–Trinajstić information content (AvgIpc) is 3.25. The quantitative estimate of drug-likeness (QED) is 0.355. The number of anilines is 1. The summed E-state index contributed by atoms with van der Waals surface area (Å²) in [6.45, 7) is 2.87. The maximum Gasteiger partial charge on any atom is 0.342 e. The second-order valence-electron chi connectivity index (χ2n) is 7.58. The Balaban J connectivity index is 1.76. The number of hydrogen-bond donors (Lipinski definition) is 2. The molecule has 0 aliphatic heterocycles. The molecule has 35 heavy (non-hydrogen) atoms. The Kier molecular flexibility index (Phi) is 8.53. The number of rotatable bonds is 8. The maximum absolute atomic E-state index is 13.0. The number of carbonyl (C=O) groups is 4. The molecule has 0 unspecified atom stereocenters. The number of esters is 1. The van der Waals surface area contributed by atoms with Gasteiger partial charge in [-0.15, -0.1) is 11.3 Å². The van der Waals surface area contributed by atoms with Gasteiger partial charge in [0.25, 0.3) is 11.8 Å². The van der Waals surface area contributed by atoms with Gasteiger partial charge in [-0.3, -0.25) is 19.7 Å². The van der Waals surface area contributed by atoms with Crippen molar-refractivity contribution in [3.63, 3.8) is 0 Å². The number of para-hydroxylation sites is 1. The molecule has 1 aromatic heterocycles. The van der Waals surface area contributed by atoms with Gasteiger partial charge in [0.15, 0.2) is 6.61 Å². The molecule has 0 atom stereocenters. The molecular formula is C26H24N2O6S. The lowest BCUT2D eigenvalue weighted by atomic mass is 10.0. The first-order chi connectivity index (χ1) is 16.8. The fourth-order valence-electron chi connectivity index (χ4n) is 3.16. The van der Waals surface area contributed by atoms with Crippen LogP contribution in [0.1, 0.15) is 34.6 Å². The summed E-state index contributed by atoms with van der Waals surface area (Å²) in [5, 5.41) is 6.90. The zero-order valence-electron chi connectivity index (χ0n) is 19.4. The number of imide groups is 1. The highest BCUT2D eigenvalue weighted by Gasteiger charge is 2.24. The van der Waals surface area contributed by atoms with Gasteiger partial charge in [0.2, 0.25) is 5.91 Å². The van der Waals surface area contributed by atoms with Crippen LogP contribution in [0, 0.1) is 0 Å². The van der Waals surface area contributed by atoms with Crippen molar-refractivity contribution in [2.45, 2.75) is 13.8 Å². The highest BCUT2D eigenvalue weighted by molar-refractivity contribution is 7.15. The van der Waals surface area contributed by atoms with Crippen LogP contribution in [0.5, 0.6) is 5.75 Å². The lowest BCUT2D eigenvalue weighted by Gasteiger charge is -2.10. The second-order valence-corrected chi connectivity index (χ2v) is 8.46. The number of allylic oxidation sites excluding steroid dienone is 1. The van der Waals surface area contributed by atoms with Crippen molar-refractivity contribution >= 4 is 40.0 Å². The molecule has 180 valence electrons. The molecule has 0 saturated heterocycles. The van der Waals surface area contributed by atoms with Gasteiger partial charge in [0, 0.05) is 17.0 Å². The summed E-state index contributed by atoms with van der Waals surface area (Å²) in [5.41, 5.74) is 2.39. The molecule has 0 aliphatic carbocycles. The van der Waals surface area contributed by atoms with E-state index in [1.54, 1.807) is 37.4 Å². The Morgan fingerprint density at radius 2 is 1.66 bits per heavy atom. The normalized spacial score (nSPS) is 10.1. The molecule has 0 radical (unpaired) electrons. The van der Waals surface area contributed by atoms with Crippen LogP contribution in [0.15, 0.2) is 71.6 Å². The van der Waals surface area contributed by atoms with Gasteiger partial charge in [-0.1, -0.05) is 48.0 Å². The summed E-state index contributed by atoms with van der Waals surface area (Å²) < 4.78 is 10.3. The third-order valence-corrected chi connectivity index (χ3v) is 5.57. The molecular weight excluding hydrogens is 468 g/mol. The topological polar surface area (TPSA) is 111 Å². The zero-order valence-corrected chi connectivity index (χ0v) is 20.2. The number of methoxy groups -OCH3 is 1. The van der Waals surface area contributed by atoms with E-state index < -0.39 is 24.4 Å². The Morgan fingerprint density at radius 1 is 0.971 bits per heavy atom. The van der Waals surface area contributed by atoms with Crippen molar-refractivity contribution in [1.82, 2.24) is 5.32 Å². The average molecular weight is 493 g/mol. The predicted octanol–water partition coefficient (Wildman–Crippen LogP) is 4.44. The molecule has 3 rings (SSSR count). The van der Waals surface area contributed by atoms with Gasteiger partial charge in [-0.2, -0.15) is 0 Å². The molecule has 2 aromatic carbocycles. The van der Waals surface area contributed by atoms with Gasteiger partial charge < -0.3 is 14.8 Å². The summed E-state index contributed by atoms with van der Waals surface area (Å²) in [5.74, 6) is -2.38. The largest absolute Gasteiger partial charge is 0.496 e. The molecule has 0 saturated carbocycles. The molecule has 1 heterocycles. The summed E-state index contributed by atoms with van der Waals surface area (Å²) in [4.78, 5) is 50.0. The first-order valence-corrected chi connectivity index (χ1v) is 11.4. The van der Waals surface area contributed by atoms with E-state index in [1.165, 1.54) is 30.6 Å². The van der Waals surface area contributed by atoms with Crippen LogP contribution in [0.25, 0.3) is 11.1 Å². The van der Waals surface area contributed by atoms with E-state index in [1.807, 2.05) is 30.3 Å². The zero-order chi connectivity index (χ0) is 25.4. The van der Waals surface area contributed by atoms with Crippen molar-refractivity contribution in [3.05, 3.63) is 82.8 Å². The first kappa shape index (κ1) is 25.4. The van der Waals surface area contributed by atoms with E-state index in [0.717, 1.165) is 11.1 Å². The van der Waals surface area contributed by atoms with Crippen LogP contribution in [0.3, 0.4) is 0 Å². The minimum Gasteiger partial charge on any atom is -0.496 e. The smallest absolute Gasteiger partial charge is 0.342 e. The minimum absolute atomic E-state index is 0.126. The third-order valence-electron chi connectivity index (χ3n) is 4.68. The van der Waals surface area contributed by atoms with Gasteiger partial charge in [0.05, 0.1) is 12.7 Å². The van der Waals surface area contributed by atoms with Crippen molar-refractivity contribution < 1.29 is 28.7 Å². The molecule has 8 nitrogen and oxygen atoms in total. The number of hydrogen-bond acceptors (Lipinski definition) is 7. The number of nitrogens with one attached hydrogen (secondary N) is 2. The first-order valence-electron chi connectivity index (χ1n) is 10.6. The standard InChI is InChI=1S/C26H24N2O6S/c1-16(2)13-21(29)28-25-23(19(15-35-25)17-9-5-4-6-10-17)26(32)34-14-22(30)27-24(31)18-11-7-8-12-20(18)33-3/h4-13,15H,14H2,1-3H3,(H,28,29)(H,27,30,31). The fraction of sp³-hybridized carbons (Fsp3) is 0.154. The molecule has 0 aliphatic rings. The van der Waals surface area contributed by atoms with Crippen molar-refractivity contribution in [2.75, 3.05) is 19.0 Å². The van der Waals surface area contributed by atoms with Crippen LogP contribution in [-0.2, 0) is 14.3 Å². The van der Waals surface area contributed by atoms with E-state index in [-0.39, 0.29) is 17.0 Å². The van der Waals surface area contributed by atoms with E-state index >= 15 is 0 Å². The Morgan fingerprint density at radius 3 is 2.34 bits per heavy atom. The minimum atomic E-state index is -0.808. The molecule has 3 aromatic rings. The number of thiophene rings is 1. The van der Waals surface area contributed by atoms with Crippen LogP contribution in [-0.4, -0.2) is 37.4 Å². The van der Waals surface area contributed by atoms with Crippen molar-refractivity contribution in [1.29, 1.82) is 0 Å². The van der Waals surface area contributed by atoms with Crippen LogP contribution in [0.2, 0.25) is 0 Å². The fourth-order valence-corrected chi connectivity index (χ4v) is 4.12. The van der Waals surface area contributed by atoms with E-state index in [9.17, 15) is 19.2 Å². The Hall–Kier alpha value is -4.24. The predicted molar refractivity (Wildman–Crippen MR) is 134 cm³/mol.